The number of nitrogens with zero attached hydrogens (tertiary/aromatic N) is 1. The van der Waals surface area contributed by atoms with Crippen molar-refractivity contribution in [3.05, 3.63) is 45.9 Å². The van der Waals surface area contributed by atoms with E-state index in [4.69, 9.17) is 5.73 Å². The summed E-state index contributed by atoms with van der Waals surface area (Å²) in [4.78, 5) is 4.27. The molecule has 1 aromatic heterocycles. The van der Waals surface area contributed by atoms with Crippen molar-refractivity contribution in [1.82, 2.24) is 9.71 Å². The van der Waals surface area contributed by atoms with Gasteiger partial charge in [0.1, 0.15) is 5.01 Å². The summed E-state index contributed by atoms with van der Waals surface area (Å²) in [5, 5.41) is 2.52. The molecule has 0 aliphatic rings. The lowest BCUT2D eigenvalue weighted by Gasteiger charge is -2.08. The average Bonchev–Trinajstić information content (AvgIpc) is 2.97. The molecule has 0 spiro atoms. The Labute approximate surface area is 128 Å². The van der Waals surface area contributed by atoms with E-state index in [0.29, 0.717) is 11.1 Å². The van der Waals surface area contributed by atoms with Crippen LogP contribution in [0.4, 0.5) is 0 Å². The first-order valence-electron chi connectivity index (χ1n) is 6.20. The molecule has 0 saturated heterocycles. The molecule has 1 heterocycles. The topological polar surface area (TPSA) is 85.1 Å². The van der Waals surface area contributed by atoms with Gasteiger partial charge in [-0.2, -0.15) is 0 Å². The smallest absolute Gasteiger partial charge is 0.241 e. The Morgan fingerprint density at radius 1 is 1.43 bits per heavy atom. The van der Waals surface area contributed by atoms with Crippen LogP contribution in [0.3, 0.4) is 0 Å². The number of nitrogens with two attached hydrogens (primary N) is 1. The molecule has 5 nitrogen and oxygen atoms in total. The lowest BCUT2D eigenvalue weighted by Crippen LogP contribution is -2.24. The van der Waals surface area contributed by atoms with Crippen LogP contribution in [0.25, 0.3) is 0 Å². The number of nitrogens with one attached hydrogen (secondary N) is 1. The van der Waals surface area contributed by atoms with Crippen molar-refractivity contribution >= 4 is 21.4 Å². The Hall–Kier alpha value is -1.72. The molecule has 1 aromatic carbocycles. The van der Waals surface area contributed by atoms with Crippen molar-refractivity contribution in [3.63, 3.8) is 0 Å². The van der Waals surface area contributed by atoms with E-state index in [2.05, 4.69) is 21.5 Å². The molecule has 0 amide bonds. The lowest BCUT2D eigenvalue weighted by molar-refractivity contribution is 0.580. The summed E-state index contributed by atoms with van der Waals surface area (Å²) < 4.78 is 27.3. The summed E-state index contributed by atoms with van der Waals surface area (Å²) in [6.45, 7) is 2.16. The third-order valence-corrected chi connectivity index (χ3v) is 5.03. The van der Waals surface area contributed by atoms with Gasteiger partial charge < -0.3 is 5.73 Å². The number of sulfonamides is 1. The molecule has 0 saturated carbocycles. The predicted molar refractivity (Wildman–Crippen MR) is 83.3 cm³/mol. The molecule has 0 unspecified atom stereocenters. The van der Waals surface area contributed by atoms with E-state index in [-0.39, 0.29) is 18.0 Å². The van der Waals surface area contributed by atoms with E-state index in [1.807, 2.05) is 0 Å². The molecule has 0 radical (unpaired) electrons. The van der Waals surface area contributed by atoms with Gasteiger partial charge in [0.25, 0.3) is 0 Å². The van der Waals surface area contributed by atoms with Crippen molar-refractivity contribution in [2.24, 2.45) is 5.73 Å². The van der Waals surface area contributed by atoms with Crippen LogP contribution in [0.15, 0.2) is 34.7 Å². The van der Waals surface area contributed by atoms with Gasteiger partial charge in [0, 0.05) is 17.1 Å². The second-order valence-corrected chi connectivity index (χ2v) is 6.95. The van der Waals surface area contributed by atoms with Crippen LogP contribution < -0.4 is 10.5 Å². The van der Waals surface area contributed by atoms with Crippen LogP contribution in [0, 0.1) is 18.8 Å². The Morgan fingerprint density at radius 2 is 2.24 bits per heavy atom. The molecule has 7 heteroatoms. The van der Waals surface area contributed by atoms with Crippen LogP contribution in [-0.2, 0) is 16.6 Å². The van der Waals surface area contributed by atoms with Crippen molar-refractivity contribution in [1.29, 1.82) is 0 Å². The minimum atomic E-state index is -3.60. The number of thiazole rings is 1. The van der Waals surface area contributed by atoms with Crippen molar-refractivity contribution in [3.8, 4) is 11.8 Å². The SMILES string of the molecule is Cc1ccc(C#CCN)cc1S(=O)(=O)NCc1nccs1. The van der Waals surface area contributed by atoms with E-state index < -0.39 is 10.0 Å². The summed E-state index contributed by atoms with van der Waals surface area (Å²) in [7, 11) is -3.60. The monoisotopic (exact) mass is 321 g/mol. The van der Waals surface area contributed by atoms with Crippen LogP contribution in [0.1, 0.15) is 16.1 Å². The highest BCUT2D eigenvalue weighted by molar-refractivity contribution is 7.89. The van der Waals surface area contributed by atoms with E-state index in [0.717, 1.165) is 5.01 Å². The van der Waals surface area contributed by atoms with Crippen molar-refractivity contribution in [2.75, 3.05) is 6.54 Å². The standard InChI is InChI=1S/C14H15N3O2S2/c1-11-4-5-12(3-2-6-15)9-13(11)21(18,19)17-10-14-16-7-8-20-14/h4-5,7-9,17H,6,10,15H2,1H3. The highest BCUT2D eigenvalue weighted by atomic mass is 32.2. The fourth-order valence-corrected chi connectivity index (χ4v) is 3.60. The van der Waals surface area contributed by atoms with Gasteiger partial charge in [-0.1, -0.05) is 17.9 Å². The fourth-order valence-electron chi connectivity index (χ4n) is 1.70. The zero-order chi connectivity index (χ0) is 15.3. The van der Waals surface area contributed by atoms with Crippen molar-refractivity contribution < 1.29 is 8.42 Å². The normalized spacial score (nSPS) is 11.0. The number of rotatable bonds is 4. The summed E-state index contributed by atoms with van der Waals surface area (Å²) in [6.07, 6.45) is 1.64. The first kappa shape index (κ1) is 15.7. The van der Waals surface area contributed by atoms with E-state index in [9.17, 15) is 8.42 Å². The minimum Gasteiger partial charge on any atom is -0.320 e. The fraction of sp³-hybridized carbons (Fsp3) is 0.214. The number of benzene rings is 1. The first-order valence-corrected chi connectivity index (χ1v) is 8.57. The van der Waals surface area contributed by atoms with Gasteiger partial charge in [-0.25, -0.2) is 18.1 Å². The molecule has 21 heavy (non-hydrogen) atoms. The van der Waals surface area contributed by atoms with Crippen LogP contribution in [-0.4, -0.2) is 19.9 Å². The van der Waals surface area contributed by atoms with E-state index in [1.165, 1.54) is 11.3 Å². The Kier molecular flexibility index (Phi) is 5.09. The molecule has 3 N–H and O–H groups in total. The number of hydrogen-bond acceptors (Lipinski definition) is 5. The lowest BCUT2D eigenvalue weighted by atomic mass is 10.1. The molecule has 0 fully saturated rings. The summed E-state index contributed by atoms with van der Waals surface area (Å²) >= 11 is 1.40. The second kappa shape index (κ2) is 6.83. The zero-order valence-corrected chi connectivity index (χ0v) is 13.1. The van der Waals surface area contributed by atoms with Gasteiger partial charge in [0.05, 0.1) is 18.0 Å². The van der Waals surface area contributed by atoms with Gasteiger partial charge in [-0.15, -0.1) is 11.3 Å². The quantitative estimate of drug-likeness (QED) is 0.830. The maximum absolute atomic E-state index is 12.4. The first-order chi connectivity index (χ1) is 10.0. The molecular weight excluding hydrogens is 306 g/mol. The minimum absolute atomic E-state index is 0.179. The van der Waals surface area contributed by atoms with Crippen molar-refractivity contribution in [2.45, 2.75) is 18.4 Å². The Balaban J connectivity index is 2.26. The summed E-state index contributed by atoms with van der Waals surface area (Å²) in [5.41, 5.74) is 6.61. The van der Waals surface area contributed by atoms with Crippen LogP contribution in [0.5, 0.6) is 0 Å². The summed E-state index contributed by atoms with van der Waals surface area (Å²) in [5.74, 6) is 5.55. The molecule has 2 aromatic rings. The number of aromatic nitrogens is 1. The van der Waals surface area contributed by atoms with E-state index in [1.54, 1.807) is 36.7 Å². The van der Waals surface area contributed by atoms with Gasteiger partial charge in [0.2, 0.25) is 10.0 Å². The third-order valence-electron chi connectivity index (χ3n) is 2.71. The molecule has 0 aliphatic heterocycles. The Bertz CT molecular complexity index is 772. The maximum Gasteiger partial charge on any atom is 0.241 e. The number of hydrogen-bond donors (Lipinski definition) is 2. The maximum atomic E-state index is 12.4. The van der Waals surface area contributed by atoms with E-state index >= 15 is 0 Å². The van der Waals surface area contributed by atoms with Gasteiger partial charge >= 0.3 is 0 Å². The van der Waals surface area contributed by atoms with Gasteiger partial charge in [-0.05, 0) is 24.6 Å². The summed E-state index contributed by atoms with van der Waals surface area (Å²) in [6, 6.07) is 5.07. The predicted octanol–water partition coefficient (Wildman–Crippen LogP) is 1.24. The van der Waals surface area contributed by atoms with Crippen LogP contribution >= 0.6 is 11.3 Å². The highest BCUT2D eigenvalue weighted by Gasteiger charge is 2.17. The zero-order valence-electron chi connectivity index (χ0n) is 11.5. The highest BCUT2D eigenvalue weighted by Crippen LogP contribution is 2.17. The van der Waals surface area contributed by atoms with Gasteiger partial charge in [0.15, 0.2) is 0 Å². The third kappa shape index (κ3) is 4.12. The average molecular weight is 321 g/mol. The molecule has 0 bridgehead atoms. The largest absolute Gasteiger partial charge is 0.320 e. The number of aryl methyl sites for hydroxylation is 1. The van der Waals surface area contributed by atoms with Crippen LogP contribution in [0.2, 0.25) is 0 Å². The molecular formula is C14H15N3O2S2. The molecule has 110 valence electrons. The second-order valence-electron chi connectivity index (χ2n) is 4.24. The van der Waals surface area contributed by atoms with Gasteiger partial charge in [-0.3, -0.25) is 0 Å². The molecule has 0 aliphatic carbocycles. The Morgan fingerprint density at radius 3 is 2.90 bits per heavy atom. The molecule has 0 atom stereocenters. The molecule has 2 rings (SSSR count).